The number of carbonyl (C=O) groups is 2. The fourth-order valence-corrected chi connectivity index (χ4v) is 3.40. The highest BCUT2D eigenvalue weighted by Gasteiger charge is 2.15. The third kappa shape index (κ3) is 3.00. The first-order valence-corrected chi connectivity index (χ1v) is 8.13. The van der Waals surface area contributed by atoms with Gasteiger partial charge in [-0.2, -0.15) is 0 Å². The second kappa shape index (κ2) is 6.41. The molecule has 4 nitrogen and oxygen atoms in total. The number of hydrogen-bond acceptors (Lipinski definition) is 3. The van der Waals surface area contributed by atoms with E-state index in [0.717, 1.165) is 4.70 Å². The predicted octanol–water partition coefficient (Wildman–Crippen LogP) is 3.96. The van der Waals surface area contributed by atoms with Gasteiger partial charge in [-0.1, -0.05) is 6.07 Å². The normalized spacial score (nSPS) is 10.6. The van der Waals surface area contributed by atoms with Crippen LogP contribution in [0.25, 0.3) is 10.1 Å². The number of rotatable bonds is 3. The second-order valence-corrected chi connectivity index (χ2v) is 6.39. The van der Waals surface area contributed by atoms with E-state index in [1.54, 1.807) is 44.3 Å². The van der Waals surface area contributed by atoms with E-state index >= 15 is 0 Å². The Bertz CT molecular complexity index is 949. The number of fused-ring (bicyclic) bond motifs is 1. The van der Waals surface area contributed by atoms with Crippen molar-refractivity contribution in [2.75, 3.05) is 12.4 Å². The molecule has 0 spiro atoms. The minimum Gasteiger partial charge on any atom is -0.355 e. The second-order valence-electron chi connectivity index (χ2n) is 5.30. The van der Waals surface area contributed by atoms with Crippen LogP contribution < -0.4 is 10.6 Å². The van der Waals surface area contributed by atoms with E-state index < -0.39 is 0 Å². The first-order valence-electron chi connectivity index (χ1n) is 7.31. The van der Waals surface area contributed by atoms with Crippen molar-refractivity contribution in [2.45, 2.75) is 6.92 Å². The van der Waals surface area contributed by atoms with Gasteiger partial charge in [0.15, 0.2) is 0 Å². The molecule has 0 atom stereocenters. The molecule has 122 valence electrons. The van der Waals surface area contributed by atoms with Gasteiger partial charge in [-0.25, -0.2) is 4.39 Å². The molecule has 0 saturated heterocycles. The van der Waals surface area contributed by atoms with Crippen LogP contribution in [0.3, 0.4) is 0 Å². The average Bonchev–Trinajstić information content (AvgIpc) is 2.99. The number of benzene rings is 2. The zero-order chi connectivity index (χ0) is 17.3. The van der Waals surface area contributed by atoms with E-state index in [1.807, 2.05) is 0 Å². The number of anilines is 1. The number of carbonyl (C=O) groups excluding carboxylic acids is 2. The summed E-state index contributed by atoms with van der Waals surface area (Å²) < 4.78 is 14.1. The van der Waals surface area contributed by atoms with Crippen LogP contribution in [-0.4, -0.2) is 18.9 Å². The van der Waals surface area contributed by atoms with E-state index in [9.17, 15) is 14.0 Å². The van der Waals surface area contributed by atoms with Crippen LogP contribution in [0, 0.1) is 12.7 Å². The molecule has 0 saturated carbocycles. The molecule has 1 aromatic heterocycles. The van der Waals surface area contributed by atoms with Crippen molar-refractivity contribution in [2.24, 2.45) is 0 Å². The molecule has 2 aromatic carbocycles. The van der Waals surface area contributed by atoms with Gasteiger partial charge in [0, 0.05) is 23.0 Å². The summed E-state index contributed by atoms with van der Waals surface area (Å²) in [6.07, 6.45) is 0. The van der Waals surface area contributed by atoms with Crippen LogP contribution >= 0.6 is 11.3 Å². The quantitative estimate of drug-likeness (QED) is 0.757. The monoisotopic (exact) mass is 342 g/mol. The van der Waals surface area contributed by atoms with Crippen molar-refractivity contribution in [3.63, 3.8) is 0 Å². The summed E-state index contributed by atoms with van der Waals surface area (Å²) in [5.74, 6) is -0.823. The highest BCUT2D eigenvalue weighted by molar-refractivity contribution is 7.20. The molecule has 6 heteroatoms. The molecule has 0 unspecified atom stereocenters. The smallest absolute Gasteiger partial charge is 0.265 e. The molecule has 1 heterocycles. The highest BCUT2D eigenvalue weighted by atomic mass is 32.1. The Morgan fingerprint density at radius 2 is 1.88 bits per heavy atom. The van der Waals surface area contributed by atoms with Gasteiger partial charge in [0.1, 0.15) is 5.82 Å². The minimum absolute atomic E-state index is 0.207. The first kappa shape index (κ1) is 16.1. The number of thiophene rings is 1. The van der Waals surface area contributed by atoms with Gasteiger partial charge in [0.05, 0.1) is 4.88 Å². The van der Waals surface area contributed by atoms with Crippen molar-refractivity contribution in [1.29, 1.82) is 0 Å². The van der Waals surface area contributed by atoms with Crippen molar-refractivity contribution >= 4 is 38.9 Å². The Balaban J connectivity index is 1.90. The Labute approximate surface area is 142 Å². The molecule has 24 heavy (non-hydrogen) atoms. The SMILES string of the molecule is CNC(=O)c1cccc(NC(=O)c2cc3cc(F)ccc3s2)c1C. The summed E-state index contributed by atoms with van der Waals surface area (Å²) in [5, 5.41) is 6.09. The van der Waals surface area contributed by atoms with Gasteiger partial charge in [-0.3, -0.25) is 9.59 Å². The molecular weight excluding hydrogens is 327 g/mol. The Morgan fingerprint density at radius 1 is 1.08 bits per heavy atom. The molecule has 0 radical (unpaired) electrons. The first-order chi connectivity index (χ1) is 11.5. The average molecular weight is 342 g/mol. The van der Waals surface area contributed by atoms with E-state index in [1.165, 1.54) is 23.5 Å². The Morgan fingerprint density at radius 3 is 2.62 bits per heavy atom. The molecule has 0 aliphatic rings. The predicted molar refractivity (Wildman–Crippen MR) is 94.3 cm³/mol. The number of halogens is 1. The Hall–Kier alpha value is -2.73. The van der Waals surface area contributed by atoms with Crippen LogP contribution in [0.2, 0.25) is 0 Å². The van der Waals surface area contributed by atoms with Crippen molar-refractivity contribution in [3.05, 3.63) is 64.3 Å². The zero-order valence-corrected chi connectivity index (χ0v) is 14.0. The summed E-state index contributed by atoms with van der Waals surface area (Å²) in [6, 6.07) is 11.3. The number of amides is 2. The molecule has 3 aromatic rings. The molecule has 0 fully saturated rings. The molecule has 3 rings (SSSR count). The summed E-state index contributed by atoms with van der Waals surface area (Å²) in [6.45, 7) is 1.78. The summed E-state index contributed by atoms with van der Waals surface area (Å²) >= 11 is 1.30. The summed E-state index contributed by atoms with van der Waals surface area (Å²) in [5.41, 5.74) is 1.77. The van der Waals surface area contributed by atoms with Crippen LogP contribution in [0.1, 0.15) is 25.6 Å². The van der Waals surface area contributed by atoms with Crippen LogP contribution in [0.5, 0.6) is 0 Å². The minimum atomic E-state index is -0.332. The van der Waals surface area contributed by atoms with E-state index in [0.29, 0.717) is 27.1 Å². The molecule has 0 bridgehead atoms. The third-order valence-corrected chi connectivity index (χ3v) is 4.87. The lowest BCUT2D eigenvalue weighted by atomic mass is 10.1. The maximum atomic E-state index is 13.3. The van der Waals surface area contributed by atoms with Gasteiger partial charge in [-0.15, -0.1) is 11.3 Å². The van der Waals surface area contributed by atoms with Gasteiger partial charge in [-0.05, 0) is 54.3 Å². The lowest BCUT2D eigenvalue weighted by Gasteiger charge is -2.11. The topological polar surface area (TPSA) is 58.2 Å². The summed E-state index contributed by atoms with van der Waals surface area (Å²) in [7, 11) is 1.56. The van der Waals surface area contributed by atoms with Crippen molar-refractivity contribution in [1.82, 2.24) is 5.32 Å². The number of hydrogen-bond donors (Lipinski definition) is 2. The lowest BCUT2D eigenvalue weighted by molar-refractivity contribution is 0.0961. The standard InChI is InChI=1S/C18H15FN2O2S/c1-10-13(17(22)20-2)4-3-5-14(10)21-18(23)16-9-11-8-12(19)6-7-15(11)24-16/h3-9H,1-2H3,(H,20,22)(H,21,23). The maximum Gasteiger partial charge on any atom is 0.265 e. The van der Waals surface area contributed by atoms with Crippen LogP contribution in [-0.2, 0) is 0 Å². The Kier molecular flexibility index (Phi) is 4.31. The van der Waals surface area contributed by atoms with Gasteiger partial charge in [0.25, 0.3) is 11.8 Å². The summed E-state index contributed by atoms with van der Waals surface area (Å²) in [4.78, 5) is 24.8. The van der Waals surface area contributed by atoms with Crippen molar-refractivity contribution < 1.29 is 14.0 Å². The molecule has 0 aliphatic carbocycles. The number of nitrogens with one attached hydrogen (secondary N) is 2. The molecule has 2 N–H and O–H groups in total. The largest absolute Gasteiger partial charge is 0.355 e. The maximum absolute atomic E-state index is 13.3. The van der Waals surface area contributed by atoms with Gasteiger partial charge < -0.3 is 10.6 Å². The fourth-order valence-electron chi connectivity index (χ4n) is 2.46. The molecular formula is C18H15FN2O2S. The van der Waals surface area contributed by atoms with E-state index in [-0.39, 0.29) is 17.6 Å². The zero-order valence-electron chi connectivity index (χ0n) is 13.1. The van der Waals surface area contributed by atoms with E-state index in [4.69, 9.17) is 0 Å². The fraction of sp³-hybridized carbons (Fsp3) is 0.111. The van der Waals surface area contributed by atoms with Crippen LogP contribution in [0.15, 0.2) is 42.5 Å². The van der Waals surface area contributed by atoms with Crippen molar-refractivity contribution in [3.8, 4) is 0 Å². The van der Waals surface area contributed by atoms with E-state index in [2.05, 4.69) is 10.6 Å². The van der Waals surface area contributed by atoms with Crippen LogP contribution in [0.4, 0.5) is 10.1 Å². The third-order valence-electron chi connectivity index (χ3n) is 3.76. The molecule has 0 aliphatic heterocycles. The van der Waals surface area contributed by atoms with Gasteiger partial charge in [0.2, 0.25) is 0 Å². The molecule has 2 amide bonds. The van der Waals surface area contributed by atoms with Gasteiger partial charge >= 0.3 is 0 Å². The highest BCUT2D eigenvalue weighted by Crippen LogP contribution is 2.27. The lowest BCUT2D eigenvalue weighted by Crippen LogP contribution is -2.20.